The zero-order valence-electron chi connectivity index (χ0n) is 7.84. The zero-order chi connectivity index (χ0) is 10.7. The fourth-order valence-electron chi connectivity index (χ4n) is 1.12. The highest BCUT2D eigenvalue weighted by molar-refractivity contribution is 5.88. The van der Waals surface area contributed by atoms with Crippen molar-refractivity contribution in [2.45, 2.75) is 19.6 Å². The van der Waals surface area contributed by atoms with Gasteiger partial charge < -0.3 is 15.9 Å². The molecule has 1 unspecified atom stereocenters. The molecule has 0 spiro atoms. The Labute approximate surface area is 81.0 Å². The average Bonchev–Trinajstić information content (AvgIpc) is 2.60. The number of hydrogen-bond acceptors (Lipinski definition) is 4. The van der Waals surface area contributed by atoms with Crippen molar-refractivity contribution in [3.63, 3.8) is 0 Å². The number of aromatic carboxylic acids is 1. The lowest BCUT2D eigenvalue weighted by atomic mass is 10.1. The van der Waals surface area contributed by atoms with Gasteiger partial charge in [0.15, 0.2) is 0 Å². The molecule has 0 radical (unpaired) electrons. The monoisotopic (exact) mass is 199 g/mol. The summed E-state index contributed by atoms with van der Waals surface area (Å²) in [5.41, 5.74) is 5.36. The van der Waals surface area contributed by atoms with E-state index in [1.54, 1.807) is 0 Å². The van der Waals surface area contributed by atoms with Crippen LogP contribution in [0.3, 0.4) is 0 Å². The molecule has 0 aliphatic heterocycles. The summed E-state index contributed by atoms with van der Waals surface area (Å²) in [5, 5.41) is 22.1. The van der Waals surface area contributed by atoms with E-state index in [-0.39, 0.29) is 17.8 Å². The second kappa shape index (κ2) is 4.21. The maximum Gasteiger partial charge on any atom is 0.339 e. The van der Waals surface area contributed by atoms with E-state index < -0.39 is 12.1 Å². The van der Waals surface area contributed by atoms with Gasteiger partial charge >= 0.3 is 5.97 Å². The number of carbonyl (C=O) groups is 1. The highest BCUT2D eigenvalue weighted by atomic mass is 16.4. The molecule has 0 aliphatic rings. The Morgan fingerprint density at radius 1 is 1.79 bits per heavy atom. The summed E-state index contributed by atoms with van der Waals surface area (Å²) in [7, 11) is 0. The summed E-state index contributed by atoms with van der Waals surface area (Å²) in [6.45, 7) is 2.34. The smallest absolute Gasteiger partial charge is 0.339 e. The van der Waals surface area contributed by atoms with Crippen molar-refractivity contribution in [3.8, 4) is 0 Å². The molecule has 6 nitrogen and oxygen atoms in total. The van der Waals surface area contributed by atoms with Gasteiger partial charge in [-0.05, 0) is 6.92 Å². The molecule has 14 heavy (non-hydrogen) atoms. The summed E-state index contributed by atoms with van der Waals surface area (Å²) in [4.78, 5) is 10.8. The standard InChI is InChI=1S/C8H13N3O3/c1-2-11-4-5(8(13)14)7(10-11)6(12)3-9/h4,6,12H,2-3,9H2,1H3,(H,13,14). The quantitative estimate of drug-likeness (QED) is 0.612. The largest absolute Gasteiger partial charge is 0.478 e. The molecule has 0 bridgehead atoms. The molecule has 1 aromatic heterocycles. The topological polar surface area (TPSA) is 101 Å². The third-order valence-corrected chi connectivity index (χ3v) is 1.88. The average molecular weight is 199 g/mol. The van der Waals surface area contributed by atoms with Gasteiger partial charge in [-0.25, -0.2) is 4.79 Å². The summed E-state index contributed by atoms with van der Waals surface area (Å²) in [5.74, 6) is -1.10. The lowest BCUT2D eigenvalue weighted by Crippen LogP contribution is -2.15. The van der Waals surface area contributed by atoms with Crippen LogP contribution in [0.4, 0.5) is 0 Å². The summed E-state index contributed by atoms with van der Waals surface area (Å²) < 4.78 is 1.46. The van der Waals surface area contributed by atoms with Crippen molar-refractivity contribution in [1.29, 1.82) is 0 Å². The first-order valence-electron chi connectivity index (χ1n) is 4.28. The Hall–Kier alpha value is -1.40. The van der Waals surface area contributed by atoms with Crippen LogP contribution in [0.15, 0.2) is 6.20 Å². The van der Waals surface area contributed by atoms with Crippen molar-refractivity contribution in [3.05, 3.63) is 17.5 Å². The van der Waals surface area contributed by atoms with E-state index in [1.807, 2.05) is 6.92 Å². The van der Waals surface area contributed by atoms with E-state index in [1.165, 1.54) is 10.9 Å². The predicted octanol–water partition coefficient (Wildman–Crippen LogP) is -0.407. The van der Waals surface area contributed by atoms with E-state index in [2.05, 4.69) is 5.10 Å². The Morgan fingerprint density at radius 3 is 2.86 bits per heavy atom. The maximum atomic E-state index is 10.8. The van der Waals surface area contributed by atoms with E-state index in [0.717, 1.165) is 0 Å². The Balaban J connectivity index is 3.12. The van der Waals surface area contributed by atoms with Gasteiger partial charge in [0, 0.05) is 19.3 Å². The van der Waals surface area contributed by atoms with Crippen LogP contribution in [0.25, 0.3) is 0 Å². The van der Waals surface area contributed by atoms with Crippen LogP contribution < -0.4 is 5.73 Å². The van der Waals surface area contributed by atoms with Gasteiger partial charge in [0.25, 0.3) is 0 Å². The van der Waals surface area contributed by atoms with Gasteiger partial charge in [0.2, 0.25) is 0 Å². The molecule has 6 heteroatoms. The van der Waals surface area contributed by atoms with Crippen LogP contribution in [0.2, 0.25) is 0 Å². The molecule has 0 fully saturated rings. The van der Waals surface area contributed by atoms with Crippen LogP contribution in [0.5, 0.6) is 0 Å². The molecule has 4 N–H and O–H groups in total. The number of aliphatic hydroxyl groups excluding tert-OH is 1. The van der Waals surface area contributed by atoms with Crippen LogP contribution in [0, 0.1) is 0 Å². The number of aryl methyl sites for hydroxylation is 1. The van der Waals surface area contributed by atoms with E-state index in [4.69, 9.17) is 10.8 Å². The third kappa shape index (κ3) is 1.91. The van der Waals surface area contributed by atoms with Crippen LogP contribution >= 0.6 is 0 Å². The van der Waals surface area contributed by atoms with Crippen molar-refractivity contribution in [1.82, 2.24) is 9.78 Å². The van der Waals surface area contributed by atoms with Crippen molar-refractivity contribution < 1.29 is 15.0 Å². The first-order valence-corrected chi connectivity index (χ1v) is 4.28. The summed E-state index contributed by atoms with van der Waals surface area (Å²) in [6.07, 6.45) is 0.366. The van der Waals surface area contributed by atoms with Gasteiger partial charge in [-0.15, -0.1) is 0 Å². The molecule has 1 heterocycles. The highest BCUT2D eigenvalue weighted by Crippen LogP contribution is 2.15. The number of nitrogens with zero attached hydrogens (tertiary/aromatic N) is 2. The van der Waals surface area contributed by atoms with Crippen molar-refractivity contribution >= 4 is 5.97 Å². The first-order chi connectivity index (χ1) is 6.60. The number of nitrogens with two attached hydrogens (primary N) is 1. The molecular weight excluding hydrogens is 186 g/mol. The lowest BCUT2D eigenvalue weighted by Gasteiger charge is -2.04. The number of hydrogen-bond donors (Lipinski definition) is 3. The number of carboxylic acid groups (broad SMARTS) is 1. The van der Waals surface area contributed by atoms with Gasteiger partial charge in [-0.3, -0.25) is 4.68 Å². The normalized spacial score (nSPS) is 12.8. The van der Waals surface area contributed by atoms with Crippen LogP contribution in [0.1, 0.15) is 29.1 Å². The van der Waals surface area contributed by atoms with Crippen LogP contribution in [-0.2, 0) is 6.54 Å². The minimum absolute atomic E-state index is 0.00444. The highest BCUT2D eigenvalue weighted by Gasteiger charge is 2.20. The molecule has 78 valence electrons. The molecule has 1 aromatic rings. The van der Waals surface area contributed by atoms with Gasteiger partial charge in [-0.2, -0.15) is 5.10 Å². The summed E-state index contributed by atoms with van der Waals surface area (Å²) in [6, 6.07) is 0. The minimum Gasteiger partial charge on any atom is -0.478 e. The van der Waals surface area contributed by atoms with Gasteiger partial charge in [0.05, 0.1) is 0 Å². The molecule has 0 saturated heterocycles. The minimum atomic E-state index is -1.10. The Kier molecular flexibility index (Phi) is 3.21. The Bertz CT molecular complexity index is 335. The van der Waals surface area contributed by atoms with Gasteiger partial charge in [0.1, 0.15) is 17.4 Å². The number of rotatable bonds is 4. The molecule has 1 atom stereocenters. The van der Waals surface area contributed by atoms with Crippen LogP contribution in [-0.4, -0.2) is 32.5 Å². The van der Waals surface area contributed by atoms with E-state index in [0.29, 0.717) is 6.54 Å². The number of carboxylic acids is 1. The third-order valence-electron chi connectivity index (χ3n) is 1.88. The zero-order valence-corrected chi connectivity index (χ0v) is 7.84. The second-order valence-corrected chi connectivity index (χ2v) is 2.84. The number of aliphatic hydroxyl groups is 1. The van der Waals surface area contributed by atoms with E-state index in [9.17, 15) is 9.90 Å². The van der Waals surface area contributed by atoms with Crippen molar-refractivity contribution in [2.75, 3.05) is 6.54 Å². The Morgan fingerprint density at radius 2 is 2.43 bits per heavy atom. The maximum absolute atomic E-state index is 10.8. The molecule has 0 aliphatic carbocycles. The van der Waals surface area contributed by atoms with Gasteiger partial charge in [-0.1, -0.05) is 0 Å². The molecule has 0 saturated carbocycles. The fraction of sp³-hybridized carbons (Fsp3) is 0.500. The second-order valence-electron chi connectivity index (χ2n) is 2.84. The molecule has 0 amide bonds. The summed E-state index contributed by atoms with van der Waals surface area (Å²) >= 11 is 0. The van der Waals surface area contributed by atoms with Crippen molar-refractivity contribution in [2.24, 2.45) is 5.73 Å². The molecule has 1 rings (SSSR count). The molecular formula is C8H13N3O3. The lowest BCUT2D eigenvalue weighted by molar-refractivity contribution is 0.0689. The predicted molar refractivity (Wildman–Crippen MR) is 48.9 cm³/mol. The fourth-order valence-corrected chi connectivity index (χ4v) is 1.12. The first kappa shape index (κ1) is 10.7. The number of aromatic nitrogens is 2. The molecule has 0 aromatic carbocycles. The van der Waals surface area contributed by atoms with E-state index >= 15 is 0 Å². The SMILES string of the molecule is CCn1cc(C(=O)O)c(C(O)CN)n1.